The summed E-state index contributed by atoms with van der Waals surface area (Å²) in [6, 6.07) is 3.29. The molecule has 1 unspecified atom stereocenters. The van der Waals surface area contributed by atoms with Crippen molar-refractivity contribution in [3.63, 3.8) is 0 Å². The maximum atomic E-state index is 10.7. The predicted octanol–water partition coefficient (Wildman–Crippen LogP) is 0.115. The van der Waals surface area contributed by atoms with Crippen LogP contribution in [0.15, 0.2) is 12.1 Å². The van der Waals surface area contributed by atoms with Gasteiger partial charge in [0.25, 0.3) is 5.91 Å². The van der Waals surface area contributed by atoms with Gasteiger partial charge >= 0.3 is 0 Å². The fourth-order valence-electron chi connectivity index (χ4n) is 1.27. The molecule has 1 amide bonds. The molecule has 88 valence electrons. The Morgan fingerprint density at radius 2 is 2.25 bits per heavy atom. The lowest BCUT2D eigenvalue weighted by atomic mass is 10.2. The van der Waals surface area contributed by atoms with E-state index >= 15 is 0 Å². The van der Waals surface area contributed by atoms with Gasteiger partial charge < -0.3 is 16.8 Å². The Bertz CT molecular complexity index is 338. The molecule has 1 aromatic heterocycles. The maximum Gasteiger partial charge on any atom is 0.269 e. The molecule has 5 N–H and O–H groups in total. The molecular weight excluding hydrogens is 206 g/mol. The van der Waals surface area contributed by atoms with Crippen LogP contribution >= 0.6 is 0 Å². The van der Waals surface area contributed by atoms with Crippen LogP contribution in [0.5, 0.6) is 0 Å². The Morgan fingerprint density at radius 3 is 2.75 bits per heavy atom. The summed E-state index contributed by atoms with van der Waals surface area (Å²) in [7, 11) is 0. The van der Waals surface area contributed by atoms with E-state index in [1.807, 2.05) is 0 Å². The average molecular weight is 223 g/mol. The molecule has 1 aromatic rings. The van der Waals surface area contributed by atoms with Gasteiger partial charge in [0.05, 0.1) is 0 Å². The van der Waals surface area contributed by atoms with Gasteiger partial charge in [-0.25, -0.2) is 0 Å². The minimum absolute atomic E-state index is 0.0996. The first-order valence-corrected chi connectivity index (χ1v) is 5.26. The molecule has 1 heterocycles. The highest BCUT2D eigenvalue weighted by Gasteiger charge is 2.04. The number of carbonyl (C=O) groups is 1. The molecule has 1 rings (SSSR count). The highest BCUT2D eigenvalue weighted by atomic mass is 16.1. The van der Waals surface area contributed by atoms with E-state index in [1.165, 1.54) is 6.07 Å². The van der Waals surface area contributed by atoms with Crippen LogP contribution in [0.25, 0.3) is 0 Å². The monoisotopic (exact) mass is 223 g/mol. The zero-order valence-electron chi connectivity index (χ0n) is 9.31. The van der Waals surface area contributed by atoms with E-state index in [0.29, 0.717) is 12.4 Å². The van der Waals surface area contributed by atoms with E-state index in [0.717, 1.165) is 12.8 Å². The SMILES string of the molecule is CCCC(N)CNc1ccc(C(N)=O)nn1. The Labute approximate surface area is 94.4 Å². The molecule has 0 spiro atoms. The van der Waals surface area contributed by atoms with Crippen molar-refractivity contribution in [3.05, 3.63) is 17.8 Å². The first-order valence-electron chi connectivity index (χ1n) is 5.26. The molecule has 0 fully saturated rings. The van der Waals surface area contributed by atoms with Crippen molar-refractivity contribution in [2.24, 2.45) is 11.5 Å². The van der Waals surface area contributed by atoms with Crippen LogP contribution in [-0.4, -0.2) is 28.7 Å². The van der Waals surface area contributed by atoms with Crippen molar-refractivity contribution in [1.29, 1.82) is 0 Å². The van der Waals surface area contributed by atoms with E-state index in [1.54, 1.807) is 6.07 Å². The summed E-state index contributed by atoms with van der Waals surface area (Å²) in [6.45, 7) is 2.72. The van der Waals surface area contributed by atoms with Gasteiger partial charge in [-0.3, -0.25) is 4.79 Å². The number of primary amides is 1. The number of rotatable bonds is 6. The summed E-state index contributed by atoms with van der Waals surface area (Å²) < 4.78 is 0. The normalized spacial score (nSPS) is 12.1. The van der Waals surface area contributed by atoms with Crippen molar-refractivity contribution in [1.82, 2.24) is 10.2 Å². The lowest BCUT2D eigenvalue weighted by Gasteiger charge is -2.11. The highest BCUT2D eigenvalue weighted by Crippen LogP contribution is 2.02. The van der Waals surface area contributed by atoms with E-state index in [2.05, 4.69) is 22.4 Å². The molecule has 0 radical (unpaired) electrons. The number of aromatic nitrogens is 2. The molecule has 0 saturated carbocycles. The number of nitrogens with zero attached hydrogens (tertiary/aromatic N) is 2. The van der Waals surface area contributed by atoms with E-state index in [4.69, 9.17) is 11.5 Å². The molecule has 0 aliphatic heterocycles. The molecular formula is C10H17N5O. The van der Waals surface area contributed by atoms with Crippen LogP contribution in [0.2, 0.25) is 0 Å². The molecule has 0 aliphatic carbocycles. The molecule has 6 heteroatoms. The molecule has 1 atom stereocenters. The van der Waals surface area contributed by atoms with Gasteiger partial charge in [0.15, 0.2) is 5.69 Å². The molecule has 6 nitrogen and oxygen atoms in total. The van der Waals surface area contributed by atoms with Gasteiger partial charge in [0, 0.05) is 12.6 Å². The summed E-state index contributed by atoms with van der Waals surface area (Å²) in [6.07, 6.45) is 2.01. The van der Waals surface area contributed by atoms with Crippen LogP contribution < -0.4 is 16.8 Å². The quantitative estimate of drug-likeness (QED) is 0.634. The third-order valence-electron chi connectivity index (χ3n) is 2.12. The summed E-state index contributed by atoms with van der Waals surface area (Å²) >= 11 is 0. The van der Waals surface area contributed by atoms with Gasteiger partial charge in [-0.1, -0.05) is 13.3 Å². The van der Waals surface area contributed by atoms with Crippen molar-refractivity contribution >= 4 is 11.7 Å². The first-order chi connectivity index (χ1) is 7.63. The fraction of sp³-hybridized carbons (Fsp3) is 0.500. The Morgan fingerprint density at radius 1 is 1.50 bits per heavy atom. The van der Waals surface area contributed by atoms with Crippen LogP contribution in [0, 0.1) is 0 Å². The molecule has 0 saturated heterocycles. The van der Waals surface area contributed by atoms with E-state index < -0.39 is 5.91 Å². The first kappa shape index (κ1) is 12.4. The van der Waals surface area contributed by atoms with Gasteiger partial charge in [-0.2, -0.15) is 0 Å². The number of nitrogens with two attached hydrogens (primary N) is 2. The summed E-state index contributed by atoms with van der Waals surface area (Å²) in [5.41, 5.74) is 11.0. The second-order valence-corrected chi connectivity index (χ2v) is 3.60. The lowest BCUT2D eigenvalue weighted by molar-refractivity contribution is 0.0994. The minimum Gasteiger partial charge on any atom is -0.367 e. The summed E-state index contributed by atoms with van der Waals surface area (Å²) in [4.78, 5) is 10.7. The van der Waals surface area contributed by atoms with Gasteiger partial charge in [0.2, 0.25) is 0 Å². The van der Waals surface area contributed by atoms with Crippen LogP contribution in [-0.2, 0) is 0 Å². The highest BCUT2D eigenvalue weighted by molar-refractivity contribution is 5.90. The zero-order valence-corrected chi connectivity index (χ0v) is 9.31. The van der Waals surface area contributed by atoms with Crippen molar-refractivity contribution in [3.8, 4) is 0 Å². The topological polar surface area (TPSA) is 107 Å². The van der Waals surface area contributed by atoms with Crippen molar-refractivity contribution in [2.75, 3.05) is 11.9 Å². The predicted molar refractivity (Wildman–Crippen MR) is 61.9 cm³/mol. The van der Waals surface area contributed by atoms with Crippen LogP contribution in [0.1, 0.15) is 30.3 Å². The lowest BCUT2D eigenvalue weighted by Crippen LogP contribution is -2.29. The van der Waals surface area contributed by atoms with Crippen LogP contribution in [0.3, 0.4) is 0 Å². The van der Waals surface area contributed by atoms with Crippen molar-refractivity contribution < 1.29 is 4.79 Å². The third kappa shape index (κ3) is 3.82. The number of nitrogens with one attached hydrogen (secondary N) is 1. The van der Waals surface area contributed by atoms with E-state index in [9.17, 15) is 4.79 Å². The van der Waals surface area contributed by atoms with E-state index in [-0.39, 0.29) is 11.7 Å². The third-order valence-corrected chi connectivity index (χ3v) is 2.12. The van der Waals surface area contributed by atoms with Crippen molar-refractivity contribution in [2.45, 2.75) is 25.8 Å². The number of carbonyl (C=O) groups excluding carboxylic acids is 1. The second-order valence-electron chi connectivity index (χ2n) is 3.60. The zero-order chi connectivity index (χ0) is 12.0. The Balaban J connectivity index is 2.46. The molecule has 16 heavy (non-hydrogen) atoms. The maximum absolute atomic E-state index is 10.7. The number of anilines is 1. The fourth-order valence-corrected chi connectivity index (χ4v) is 1.27. The number of hydrogen-bond acceptors (Lipinski definition) is 5. The average Bonchev–Trinajstić information content (AvgIpc) is 2.27. The number of hydrogen-bond donors (Lipinski definition) is 3. The molecule has 0 aliphatic rings. The van der Waals surface area contributed by atoms with Gasteiger partial charge in [-0.15, -0.1) is 10.2 Å². The second kappa shape index (κ2) is 6.02. The standard InChI is InChI=1S/C10H17N5O/c1-2-3-7(11)6-13-9-5-4-8(10(12)16)14-15-9/h4-5,7H,2-3,6,11H2,1H3,(H2,12,16)(H,13,15). The smallest absolute Gasteiger partial charge is 0.269 e. The van der Waals surface area contributed by atoms with Crippen LogP contribution in [0.4, 0.5) is 5.82 Å². The molecule has 0 bridgehead atoms. The Hall–Kier alpha value is -1.69. The Kier molecular flexibility index (Phi) is 4.65. The van der Waals surface area contributed by atoms with Gasteiger partial charge in [-0.05, 0) is 18.6 Å². The summed E-state index contributed by atoms with van der Waals surface area (Å²) in [5.74, 6) is 0.0123. The minimum atomic E-state index is -0.582. The molecule has 0 aromatic carbocycles. The summed E-state index contributed by atoms with van der Waals surface area (Å²) in [5, 5.41) is 10.5. The largest absolute Gasteiger partial charge is 0.367 e. The number of amides is 1. The van der Waals surface area contributed by atoms with Gasteiger partial charge in [0.1, 0.15) is 5.82 Å².